The molecule has 0 aliphatic carbocycles. The zero-order valence-electron chi connectivity index (χ0n) is 0.816. The summed E-state index contributed by atoms with van der Waals surface area (Å²) in [5.74, 6) is 0. The minimum absolute atomic E-state index is 0. The average molecular weight is 110 g/mol. The standard InChI is InChI=1S/Be.2ClH.Mg.4H/h;2*1H;;;;;. The molecule has 0 spiro atoms. The van der Waals surface area contributed by atoms with Gasteiger partial charge >= 0.3 is 33.2 Å². The van der Waals surface area contributed by atoms with Gasteiger partial charge in [-0.25, -0.2) is 0 Å². The molecule has 0 aliphatic heterocycles. The van der Waals surface area contributed by atoms with Crippen LogP contribution in [0, 0.1) is 0 Å². The van der Waals surface area contributed by atoms with Gasteiger partial charge in [-0.1, -0.05) is 0 Å². The van der Waals surface area contributed by atoms with Gasteiger partial charge < -0.3 is 0 Å². The van der Waals surface area contributed by atoms with Gasteiger partial charge in [0.25, 0.3) is 0 Å². The van der Waals surface area contributed by atoms with Gasteiger partial charge in [-0.05, 0) is 0 Å². The van der Waals surface area contributed by atoms with E-state index in [0.29, 0.717) is 0 Å². The van der Waals surface area contributed by atoms with Gasteiger partial charge in [0, 0.05) is 0 Å². The van der Waals surface area contributed by atoms with E-state index in [0.717, 1.165) is 0 Å². The van der Waals surface area contributed by atoms with E-state index in [-0.39, 0.29) is 58.0 Å². The second-order valence-corrected chi connectivity index (χ2v) is 0. The maximum Gasteiger partial charge on any atom is 0.316 e. The van der Waals surface area contributed by atoms with Gasteiger partial charge in [-0.3, -0.25) is 0 Å². The van der Waals surface area contributed by atoms with Crippen molar-refractivity contribution in [2.24, 2.45) is 0 Å². The third-order valence-electron chi connectivity index (χ3n) is 0. The molecule has 0 atom stereocenters. The Balaban J connectivity index is 0. The van der Waals surface area contributed by atoms with Crippen LogP contribution in [-0.2, 0) is 0 Å². The fraction of sp³-hybridized carbons (Fsp3) is 0. The topological polar surface area (TPSA) is 0 Å². The summed E-state index contributed by atoms with van der Waals surface area (Å²) in [6.45, 7) is 0. The van der Waals surface area contributed by atoms with Crippen molar-refractivity contribution >= 4 is 58.0 Å². The van der Waals surface area contributed by atoms with Crippen LogP contribution >= 0.6 is 24.8 Å². The predicted octanol–water partition coefficient (Wildman–Crippen LogP) is -0.989. The summed E-state index contributed by atoms with van der Waals surface area (Å²) in [5.41, 5.74) is 0. The van der Waals surface area contributed by atoms with Crippen molar-refractivity contribution < 1.29 is 0 Å². The molecule has 0 saturated heterocycles. The van der Waals surface area contributed by atoms with Crippen molar-refractivity contribution in [2.45, 2.75) is 0 Å². The molecule has 0 aromatic heterocycles. The van der Waals surface area contributed by atoms with E-state index in [9.17, 15) is 0 Å². The van der Waals surface area contributed by atoms with Crippen molar-refractivity contribution in [3.63, 3.8) is 0 Å². The predicted molar refractivity (Wildman–Crippen MR) is 31.6 cm³/mol. The van der Waals surface area contributed by atoms with Crippen LogP contribution in [-0.4, -0.2) is 33.2 Å². The molecular weight excluding hydrogens is 104 g/mol. The molecule has 4 heteroatoms. The molecule has 4 heavy (non-hydrogen) atoms. The normalized spacial score (nSPS) is 0. The molecule has 0 radical (unpaired) electrons. The third-order valence-corrected chi connectivity index (χ3v) is 0. The molecule has 0 aromatic carbocycles. The molecule has 0 rings (SSSR count). The van der Waals surface area contributed by atoms with E-state index >= 15 is 0 Å². The van der Waals surface area contributed by atoms with E-state index in [1.807, 2.05) is 0 Å². The van der Waals surface area contributed by atoms with Crippen molar-refractivity contribution in [1.82, 2.24) is 0 Å². The van der Waals surface area contributed by atoms with Crippen LogP contribution in [0.3, 0.4) is 0 Å². The first-order valence-corrected chi connectivity index (χ1v) is 0. The molecule has 0 amide bonds. The maximum absolute atomic E-state index is 0. The second-order valence-electron chi connectivity index (χ2n) is 0. The quantitative estimate of drug-likeness (QED) is 0.351. The van der Waals surface area contributed by atoms with Gasteiger partial charge in [0.15, 0.2) is 0 Å². The van der Waals surface area contributed by atoms with Crippen LogP contribution in [0.1, 0.15) is 0 Å². The maximum atomic E-state index is 0. The van der Waals surface area contributed by atoms with Crippen LogP contribution < -0.4 is 0 Å². The Bertz CT molecular complexity index is 6.00. The van der Waals surface area contributed by atoms with E-state index < -0.39 is 0 Å². The van der Waals surface area contributed by atoms with Crippen molar-refractivity contribution in [3.05, 3.63) is 0 Å². The fourth-order valence-corrected chi connectivity index (χ4v) is 0. The summed E-state index contributed by atoms with van der Waals surface area (Å²) in [5, 5.41) is 0. The summed E-state index contributed by atoms with van der Waals surface area (Å²) >= 11 is 0. The van der Waals surface area contributed by atoms with Crippen molar-refractivity contribution in [2.75, 3.05) is 0 Å². The molecule has 0 N–H and O–H groups in total. The summed E-state index contributed by atoms with van der Waals surface area (Å²) in [4.78, 5) is 0. The Hall–Kier alpha value is 1.52. The molecule has 0 bridgehead atoms. The van der Waals surface area contributed by atoms with Gasteiger partial charge in [0.1, 0.15) is 0 Å². The Labute approximate surface area is 57.9 Å². The zero-order valence-corrected chi connectivity index (χ0v) is 2.45. The van der Waals surface area contributed by atoms with Crippen LogP contribution in [0.2, 0.25) is 0 Å². The summed E-state index contributed by atoms with van der Waals surface area (Å²) in [7, 11) is 0. The molecule has 0 fully saturated rings. The molecule has 0 heterocycles. The summed E-state index contributed by atoms with van der Waals surface area (Å²) in [6, 6.07) is 0. The fourth-order valence-electron chi connectivity index (χ4n) is 0. The minimum atomic E-state index is 0. The largest absolute Gasteiger partial charge is 0.316 e. The molecule has 0 aliphatic rings. The summed E-state index contributed by atoms with van der Waals surface area (Å²) in [6.07, 6.45) is 0. The van der Waals surface area contributed by atoms with E-state index in [4.69, 9.17) is 0 Å². The van der Waals surface area contributed by atoms with Gasteiger partial charge in [-0.2, -0.15) is 0 Å². The number of rotatable bonds is 0. The van der Waals surface area contributed by atoms with Gasteiger partial charge in [-0.15, -0.1) is 24.8 Å². The SMILES string of the molecule is Cl.Cl.[BeH2].[MgH2]. The molecular formula is H6BeCl2Mg. The first kappa shape index (κ1) is 49.0. The van der Waals surface area contributed by atoms with Crippen LogP contribution in [0.15, 0.2) is 0 Å². The Morgan fingerprint density at radius 1 is 0.750 bits per heavy atom. The molecule has 0 unspecified atom stereocenters. The van der Waals surface area contributed by atoms with Crippen LogP contribution in [0.25, 0.3) is 0 Å². The second kappa shape index (κ2) is 24.3. The Morgan fingerprint density at radius 3 is 0.750 bits per heavy atom. The molecule has 0 aromatic rings. The van der Waals surface area contributed by atoms with Crippen LogP contribution in [0.4, 0.5) is 0 Å². The zero-order chi connectivity index (χ0) is 0. The monoisotopic (exact) mass is 109 g/mol. The van der Waals surface area contributed by atoms with Gasteiger partial charge in [0.2, 0.25) is 0 Å². The smallest absolute Gasteiger partial charge is 0.316 e. The number of halogens is 2. The van der Waals surface area contributed by atoms with Crippen molar-refractivity contribution in [3.8, 4) is 0 Å². The number of hydrogen-bond acceptors (Lipinski definition) is 0. The van der Waals surface area contributed by atoms with E-state index in [2.05, 4.69) is 0 Å². The van der Waals surface area contributed by atoms with Crippen molar-refractivity contribution in [1.29, 1.82) is 0 Å². The first-order chi connectivity index (χ1) is 0. The summed E-state index contributed by atoms with van der Waals surface area (Å²) < 4.78 is 0. The minimum Gasteiger partial charge on any atom is 0.316 e. The number of hydrogen-bond donors (Lipinski definition) is 0. The van der Waals surface area contributed by atoms with E-state index in [1.165, 1.54) is 0 Å². The molecule has 0 saturated carbocycles. The average Bonchev–Trinajstić information content (AvgIpc) is 0. The third kappa shape index (κ3) is 9.69. The van der Waals surface area contributed by atoms with Crippen LogP contribution in [0.5, 0.6) is 0 Å². The van der Waals surface area contributed by atoms with Gasteiger partial charge in [0.05, 0.1) is 0 Å². The van der Waals surface area contributed by atoms with E-state index in [1.54, 1.807) is 0 Å². The first-order valence-electron chi connectivity index (χ1n) is 0. The molecule has 0 nitrogen and oxygen atoms in total. The Kier molecular flexibility index (Phi) is 298. The molecule has 24 valence electrons. The Morgan fingerprint density at radius 2 is 0.750 bits per heavy atom.